The summed E-state index contributed by atoms with van der Waals surface area (Å²) < 4.78 is 5.32. The summed E-state index contributed by atoms with van der Waals surface area (Å²) in [6.45, 7) is 0. The van der Waals surface area contributed by atoms with Crippen LogP contribution in [0.4, 0.5) is 0 Å². The molecule has 1 aliphatic rings. The van der Waals surface area contributed by atoms with Crippen molar-refractivity contribution in [1.29, 1.82) is 10.7 Å². The molecule has 0 bridgehead atoms. The maximum absolute atomic E-state index is 9.36. The van der Waals surface area contributed by atoms with Crippen LogP contribution in [0.15, 0.2) is 34.8 Å². The van der Waals surface area contributed by atoms with Crippen molar-refractivity contribution in [2.24, 2.45) is 16.6 Å². The lowest BCUT2D eigenvalue weighted by atomic mass is 9.78. The topological polar surface area (TPSA) is 95.2 Å². The zero-order chi connectivity index (χ0) is 14.7. The first-order chi connectivity index (χ1) is 9.63. The predicted octanol–water partition coefficient (Wildman–Crippen LogP) is 1.79. The lowest BCUT2D eigenvalue weighted by Crippen LogP contribution is -2.35. The smallest absolute Gasteiger partial charge is 0.141 e. The summed E-state index contributed by atoms with van der Waals surface area (Å²) in [7, 11) is 1.55. The summed E-state index contributed by atoms with van der Waals surface area (Å²) in [5.41, 5.74) is 6.94. The number of nitriles is 1. The highest BCUT2D eigenvalue weighted by molar-refractivity contribution is 7.80. The van der Waals surface area contributed by atoms with Gasteiger partial charge in [-0.25, -0.2) is 4.99 Å². The number of para-hydroxylation sites is 1. The Morgan fingerprint density at radius 2 is 2.15 bits per heavy atom. The van der Waals surface area contributed by atoms with Gasteiger partial charge in [0.05, 0.1) is 18.8 Å². The molecule has 2 atom stereocenters. The van der Waals surface area contributed by atoms with Crippen LogP contribution in [0.5, 0.6) is 5.75 Å². The van der Waals surface area contributed by atoms with Crippen molar-refractivity contribution in [2.45, 2.75) is 5.92 Å². The molecule has 1 aromatic carbocycles. The van der Waals surface area contributed by atoms with Crippen LogP contribution >= 0.6 is 12.2 Å². The average Bonchev–Trinajstić information content (AvgIpc) is 2.46. The molecule has 1 heterocycles. The second-order valence-electron chi connectivity index (χ2n) is 4.21. The Kier molecular flexibility index (Phi) is 3.94. The van der Waals surface area contributed by atoms with Gasteiger partial charge in [-0.1, -0.05) is 30.4 Å². The number of benzene rings is 1. The lowest BCUT2D eigenvalue weighted by molar-refractivity contribution is 0.406. The molecule has 1 aromatic rings. The van der Waals surface area contributed by atoms with Crippen LogP contribution in [0.1, 0.15) is 11.5 Å². The number of methoxy groups -OCH3 is 1. The molecule has 1 unspecified atom stereocenters. The minimum absolute atomic E-state index is 0.160. The lowest BCUT2D eigenvalue weighted by Gasteiger charge is -2.28. The highest BCUT2D eigenvalue weighted by Gasteiger charge is 2.37. The first kappa shape index (κ1) is 13.9. The number of rotatable bonds is 2. The van der Waals surface area contributed by atoms with Crippen molar-refractivity contribution in [2.75, 3.05) is 7.11 Å². The van der Waals surface area contributed by atoms with Gasteiger partial charge in [-0.2, -0.15) is 5.26 Å². The first-order valence-electron chi connectivity index (χ1n) is 5.84. The normalized spacial score (nSPS) is 21.7. The number of hydrogen-bond acceptors (Lipinski definition) is 5. The van der Waals surface area contributed by atoms with Gasteiger partial charge in [0, 0.05) is 11.5 Å². The van der Waals surface area contributed by atoms with Crippen LogP contribution in [0.2, 0.25) is 0 Å². The van der Waals surface area contributed by atoms with E-state index >= 15 is 0 Å². The Morgan fingerprint density at radius 1 is 1.45 bits per heavy atom. The van der Waals surface area contributed by atoms with E-state index < -0.39 is 11.8 Å². The Hall–Kier alpha value is -2.48. The maximum atomic E-state index is 9.36. The van der Waals surface area contributed by atoms with E-state index in [9.17, 15) is 5.26 Å². The molecule has 1 aliphatic heterocycles. The fraction of sp³-hybridized carbons (Fsp3) is 0.214. The van der Waals surface area contributed by atoms with Crippen molar-refractivity contribution >= 4 is 28.9 Å². The van der Waals surface area contributed by atoms with Gasteiger partial charge in [-0.3, -0.25) is 5.41 Å². The zero-order valence-corrected chi connectivity index (χ0v) is 11.6. The van der Waals surface area contributed by atoms with Gasteiger partial charge in [0.15, 0.2) is 0 Å². The molecule has 5 nitrogen and oxygen atoms in total. The molecule has 0 spiro atoms. The number of nitrogens with two attached hydrogens (primary N) is 1. The highest BCUT2D eigenvalue weighted by atomic mass is 32.1. The molecule has 100 valence electrons. The molecule has 20 heavy (non-hydrogen) atoms. The van der Waals surface area contributed by atoms with Crippen LogP contribution in [-0.2, 0) is 0 Å². The van der Waals surface area contributed by atoms with Gasteiger partial charge < -0.3 is 10.5 Å². The number of aliphatic imine (C=N–C) groups is 1. The van der Waals surface area contributed by atoms with Crippen molar-refractivity contribution in [3.05, 3.63) is 35.4 Å². The minimum Gasteiger partial charge on any atom is -0.496 e. The fourth-order valence-corrected chi connectivity index (χ4v) is 2.53. The fourth-order valence-electron chi connectivity index (χ4n) is 2.25. The van der Waals surface area contributed by atoms with Crippen LogP contribution in [-0.4, -0.2) is 23.8 Å². The third-order valence-corrected chi connectivity index (χ3v) is 3.48. The van der Waals surface area contributed by atoms with Crippen LogP contribution in [0.3, 0.4) is 0 Å². The number of thiocarbonyl (C=S) groups is 1. The second kappa shape index (κ2) is 5.66. The quantitative estimate of drug-likeness (QED) is 0.491. The monoisotopic (exact) mass is 284 g/mol. The molecular formula is C14H12N4OS. The number of ether oxygens (including phenoxy) is 1. The Balaban J connectivity index is 2.68. The van der Waals surface area contributed by atoms with Gasteiger partial charge in [-0.05, 0) is 11.9 Å². The Bertz CT molecular complexity index is 683. The molecule has 2 rings (SSSR count). The number of hydrogen-bond donors (Lipinski definition) is 2. The van der Waals surface area contributed by atoms with E-state index in [1.165, 1.54) is 0 Å². The third kappa shape index (κ3) is 2.21. The molecular weight excluding hydrogens is 272 g/mol. The minimum atomic E-state index is -0.689. The molecule has 0 saturated carbocycles. The van der Waals surface area contributed by atoms with Crippen molar-refractivity contribution in [3.8, 4) is 11.8 Å². The molecule has 6 heteroatoms. The van der Waals surface area contributed by atoms with Gasteiger partial charge in [0.2, 0.25) is 0 Å². The molecule has 0 fully saturated rings. The third-order valence-electron chi connectivity index (χ3n) is 3.17. The molecule has 0 amide bonds. The van der Waals surface area contributed by atoms with Gasteiger partial charge in [0.1, 0.15) is 22.5 Å². The van der Waals surface area contributed by atoms with E-state index in [4.69, 9.17) is 28.1 Å². The number of amidine groups is 1. The SMILES string of the molecule is COc1ccccc1[C@@H]1C(=C=N)C(=S)N=C(N)C1C#N. The predicted molar refractivity (Wildman–Crippen MR) is 80.3 cm³/mol. The molecule has 3 N–H and O–H groups in total. The van der Waals surface area contributed by atoms with E-state index in [2.05, 4.69) is 16.9 Å². The van der Waals surface area contributed by atoms with Crippen LogP contribution in [0.25, 0.3) is 0 Å². The second-order valence-corrected chi connectivity index (χ2v) is 4.59. The Morgan fingerprint density at radius 3 is 2.75 bits per heavy atom. The van der Waals surface area contributed by atoms with E-state index in [0.29, 0.717) is 11.3 Å². The van der Waals surface area contributed by atoms with Crippen LogP contribution < -0.4 is 10.5 Å². The van der Waals surface area contributed by atoms with Crippen molar-refractivity contribution in [1.82, 2.24) is 0 Å². The Labute approximate surface area is 121 Å². The molecule has 0 radical (unpaired) electrons. The molecule has 0 saturated heterocycles. The number of nitrogens with zero attached hydrogens (tertiary/aromatic N) is 2. The average molecular weight is 284 g/mol. The van der Waals surface area contributed by atoms with Gasteiger partial charge >= 0.3 is 0 Å². The summed E-state index contributed by atoms with van der Waals surface area (Å²) in [6.07, 6.45) is 0. The molecule has 0 aliphatic carbocycles. The first-order valence-corrected chi connectivity index (χ1v) is 6.25. The van der Waals surface area contributed by atoms with E-state index in [0.717, 1.165) is 5.56 Å². The van der Waals surface area contributed by atoms with E-state index in [-0.39, 0.29) is 10.8 Å². The summed E-state index contributed by atoms with van der Waals surface area (Å²) in [5, 5.41) is 16.8. The van der Waals surface area contributed by atoms with Gasteiger partial charge in [0.25, 0.3) is 0 Å². The highest BCUT2D eigenvalue weighted by Crippen LogP contribution is 2.39. The zero-order valence-electron chi connectivity index (χ0n) is 10.8. The summed E-state index contributed by atoms with van der Waals surface area (Å²) in [5.74, 6) is 1.89. The van der Waals surface area contributed by atoms with Crippen molar-refractivity contribution in [3.63, 3.8) is 0 Å². The summed E-state index contributed by atoms with van der Waals surface area (Å²) in [4.78, 5) is 4.16. The standard InChI is InChI=1S/C14H12N4OS/c1-19-11-5-3-2-4-8(11)12-9(6-15)13(17)18-14(20)10(12)7-16/h2-5,9,12,16H,1H3,(H2,17,18,20)/t9?,12-/m0/s1. The van der Waals surface area contributed by atoms with E-state index in [1.54, 1.807) is 13.2 Å². The largest absolute Gasteiger partial charge is 0.496 e. The molecule has 0 aromatic heterocycles. The summed E-state index contributed by atoms with van der Waals surface area (Å²) in [6, 6.07) is 9.40. The van der Waals surface area contributed by atoms with Crippen LogP contribution in [0, 0.1) is 22.7 Å². The maximum Gasteiger partial charge on any atom is 0.141 e. The van der Waals surface area contributed by atoms with Gasteiger partial charge in [-0.15, -0.1) is 0 Å². The summed E-state index contributed by atoms with van der Waals surface area (Å²) >= 11 is 5.12. The number of nitrogens with one attached hydrogen (secondary N) is 1. The van der Waals surface area contributed by atoms with Crippen molar-refractivity contribution < 1.29 is 4.74 Å². The van der Waals surface area contributed by atoms with E-state index in [1.807, 2.05) is 18.2 Å².